The maximum atomic E-state index is 12.0. The quantitative estimate of drug-likeness (QED) is 0.299. The van der Waals surface area contributed by atoms with Gasteiger partial charge in [0.2, 0.25) is 5.91 Å². The molecule has 0 bridgehead atoms. The van der Waals surface area contributed by atoms with E-state index in [0.29, 0.717) is 26.0 Å². The second-order valence-corrected chi connectivity index (χ2v) is 6.00. The van der Waals surface area contributed by atoms with E-state index in [0.717, 1.165) is 29.8 Å². The lowest BCUT2D eigenvalue weighted by Gasteiger charge is -2.24. The summed E-state index contributed by atoms with van der Waals surface area (Å²) in [7, 11) is 0. The molecule has 0 aromatic heterocycles. The minimum absolute atomic E-state index is 0.0145. The average molecular weight is 348 g/mol. The molecule has 1 heterocycles. The molecule has 25 heavy (non-hydrogen) atoms. The SMILES string of the molecule is NC(N)=NCCCCOc1ccc2c(c1)CC(CCC(=O)O)C(=O)N2. The van der Waals surface area contributed by atoms with Crippen LogP contribution in [0, 0.1) is 5.92 Å². The highest BCUT2D eigenvalue weighted by atomic mass is 16.5. The minimum atomic E-state index is -0.892. The summed E-state index contributed by atoms with van der Waals surface area (Å²) in [6.07, 6.45) is 2.49. The van der Waals surface area contributed by atoms with Crippen molar-refractivity contribution in [2.75, 3.05) is 18.5 Å². The third-order valence-corrected chi connectivity index (χ3v) is 3.99. The van der Waals surface area contributed by atoms with Gasteiger partial charge in [-0.05, 0) is 49.4 Å². The van der Waals surface area contributed by atoms with Gasteiger partial charge in [-0.15, -0.1) is 0 Å². The fraction of sp³-hybridized carbons (Fsp3) is 0.471. The molecule has 8 nitrogen and oxygen atoms in total. The lowest BCUT2D eigenvalue weighted by molar-refractivity contribution is -0.137. The number of hydrogen-bond donors (Lipinski definition) is 4. The monoisotopic (exact) mass is 348 g/mol. The van der Waals surface area contributed by atoms with Gasteiger partial charge < -0.3 is 26.6 Å². The molecule has 6 N–H and O–H groups in total. The van der Waals surface area contributed by atoms with Crippen LogP contribution in [-0.4, -0.2) is 36.1 Å². The summed E-state index contributed by atoms with van der Waals surface area (Å²) < 4.78 is 5.72. The van der Waals surface area contributed by atoms with Crippen LogP contribution >= 0.6 is 0 Å². The van der Waals surface area contributed by atoms with Crippen LogP contribution in [0.25, 0.3) is 0 Å². The Morgan fingerprint density at radius 3 is 2.88 bits per heavy atom. The number of aliphatic carboxylic acids is 1. The van der Waals surface area contributed by atoms with Crippen molar-refractivity contribution in [3.8, 4) is 5.75 Å². The number of carbonyl (C=O) groups excluding carboxylic acids is 1. The van der Waals surface area contributed by atoms with E-state index in [1.54, 1.807) is 0 Å². The first-order chi connectivity index (χ1) is 12.0. The molecule has 1 unspecified atom stereocenters. The van der Waals surface area contributed by atoms with Gasteiger partial charge in [0.05, 0.1) is 6.61 Å². The van der Waals surface area contributed by atoms with E-state index < -0.39 is 5.97 Å². The topological polar surface area (TPSA) is 140 Å². The maximum absolute atomic E-state index is 12.0. The molecule has 8 heteroatoms. The van der Waals surface area contributed by atoms with Crippen LogP contribution in [0.15, 0.2) is 23.2 Å². The van der Waals surface area contributed by atoms with Gasteiger partial charge in [-0.2, -0.15) is 0 Å². The zero-order valence-corrected chi connectivity index (χ0v) is 14.0. The van der Waals surface area contributed by atoms with Crippen molar-refractivity contribution in [2.45, 2.75) is 32.1 Å². The van der Waals surface area contributed by atoms with E-state index in [-0.39, 0.29) is 24.2 Å². The molecule has 1 atom stereocenters. The Balaban J connectivity index is 1.86. The molecular formula is C17H24N4O4. The summed E-state index contributed by atoms with van der Waals surface area (Å²) in [5.74, 6) is -0.513. The molecule has 136 valence electrons. The summed E-state index contributed by atoms with van der Waals surface area (Å²) >= 11 is 0. The van der Waals surface area contributed by atoms with Crippen LogP contribution in [0.5, 0.6) is 5.75 Å². The molecule has 0 fully saturated rings. The van der Waals surface area contributed by atoms with E-state index in [2.05, 4.69) is 10.3 Å². The van der Waals surface area contributed by atoms with Gasteiger partial charge in [0.15, 0.2) is 5.96 Å². The Bertz CT molecular complexity index is 656. The van der Waals surface area contributed by atoms with Crippen molar-refractivity contribution < 1.29 is 19.4 Å². The van der Waals surface area contributed by atoms with Crippen molar-refractivity contribution in [1.82, 2.24) is 0 Å². The second-order valence-electron chi connectivity index (χ2n) is 6.00. The number of ether oxygens (including phenoxy) is 1. The Hall–Kier alpha value is -2.77. The first-order valence-corrected chi connectivity index (χ1v) is 8.29. The number of aliphatic imine (C=N–C) groups is 1. The summed E-state index contributed by atoms with van der Waals surface area (Å²) in [5.41, 5.74) is 12.2. The minimum Gasteiger partial charge on any atom is -0.494 e. The Morgan fingerprint density at radius 2 is 2.16 bits per heavy atom. The van der Waals surface area contributed by atoms with Crippen LogP contribution in [0.2, 0.25) is 0 Å². The fourth-order valence-electron chi connectivity index (χ4n) is 2.69. The zero-order valence-electron chi connectivity index (χ0n) is 14.0. The predicted octanol–water partition coefficient (Wildman–Crippen LogP) is 1.09. The highest BCUT2D eigenvalue weighted by molar-refractivity contribution is 5.96. The van der Waals surface area contributed by atoms with Crippen LogP contribution in [0.1, 0.15) is 31.2 Å². The molecule has 0 aliphatic carbocycles. The number of nitrogens with two attached hydrogens (primary N) is 2. The van der Waals surface area contributed by atoms with Gasteiger partial charge in [-0.25, -0.2) is 0 Å². The molecular weight excluding hydrogens is 324 g/mol. The van der Waals surface area contributed by atoms with Gasteiger partial charge in [0.1, 0.15) is 5.75 Å². The van der Waals surface area contributed by atoms with Crippen molar-refractivity contribution >= 4 is 23.5 Å². The highest BCUT2D eigenvalue weighted by Gasteiger charge is 2.26. The van der Waals surface area contributed by atoms with E-state index >= 15 is 0 Å². The zero-order chi connectivity index (χ0) is 18.2. The number of unbranched alkanes of at least 4 members (excludes halogenated alkanes) is 1. The van der Waals surface area contributed by atoms with Crippen LogP contribution < -0.4 is 21.5 Å². The van der Waals surface area contributed by atoms with E-state index in [9.17, 15) is 9.59 Å². The largest absolute Gasteiger partial charge is 0.494 e. The normalized spacial score (nSPS) is 15.8. The highest BCUT2D eigenvalue weighted by Crippen LogP contribution is 2.31. The molecule has 1 aromatic carbocycles. The number of fused-ring (bicyclic) bond motifs is 1. The number of nitrogens with one attached hydrogen (secondary N) is 1. The Morgan fingerprint density at radius 1 is 1.36 bits per heavy atom. The number of carboxylic acid groups (broad SMARTS) is 1. The number of guanidine groups is 1. The Labute approximate surface area is 146 Å². The third kappa shape index (κ3) is 5.98. The van der Waals surface area contributed by atoms with Gasteiger partial charge in [-0.1, -0.05) is 0 Å². The van der Waals surface area contributed by atoms with Crippen LogP contribution in [0.4, 0.5) is 5.69 Å². The molecule has 1 aromatic rings. The maximum Gasteiger partial charge on any atom is 0.303 e. The number of carbonyl (C=O) groups is 2. The fourth-order valence-corrected chi connectivity index (χ4v) is 2.69. The van der Waals surface area contributed by atoms with E-state index in [1.165, 1.54) is 0 Å². The number of hydrogen-bond acceptors (Lipinski definition) is 4. The Kier molecular flexibility index (Phi) is 6.62. The average Bonchev–Trinajstić information content (AvgIpc) is 2.55. The van der Waals surface area contributed by atoms with E-state index in [4.69, 9.17) is 21.3 Å². The molecule has 1 amide bonds. The second kappa shape index (κ2) is 8.91. The van der Waals surface area contributed by atoms with Crippen LogP contribution in [-0.2, 0) is 16.0 Å². The van der Waals surface area contributed by atoms with Crippen molar-refractivity contribution in [3.05, 3.63) is 23.8 Å². The van der Waals surface area contributed by atoms with Crippen molar-refractivity contribution in [3.63, 3.8) is 0 Å². The molecule has 0 saturated heterocycles. The lowest BCUT2D eigenvalue weighted by Crippen LogP contribution is -2.30. The number of benzene rings is 1. The number of nitrogens with zero attached hydrogens (tertiary/aromatic N) is 1. The predicted molar refractivity (Wildman–Crippen MR) is 94.5 cm³/mol. The lowest BCUT2D eigenvalue weighted by atomic mass is 9.89. The number of anilines is 1. The molecule has 1 aliphatic rings. The number of rotatable bonds is 9. The van der Waals surface area contributed by atoms with Gasteiger partial charge in [0, 0.05) is 24.6 Å². The third-order valence-electron chi connectivity index (χ3n) is 3.99. The van der Waals surface area contributed by atoms with Gasteiger partial charge in [-0.3, -0.25) is 14.6 Å². The standard InChI is InChI=1S/C17H24N4O4/c18-17(19)20-7-1-2-8-25-13-4-5-14-12(10-13)9-11(16(24)21-14)3-6-15(22)23/h4-5,10-11H,1-3,6-9H2,(H,21,24)(H,22,23)(H4,18,19,20). The number of carboxylic acids is 1. The molecule has 1 aliphatic heterocycles. The molecule has 0 spiro atoms. The van der Waals surface area contributed by atoms with Gasteiger partial charge >= 0.3 is 5.97 Å². The molecule has 2 rings (SSSR count). The molecule has 0 radical (unpaired) electrons. The summed E-state index contributed by atoms with van der Waals surface area (Å²) in [6.45, 7) is 1.13. The first kappa shape index (κ1) is 18.6. The van der Waals surface area contributed by atoms with Crippen molar-refractivity contribution in [2.24, 2.45) is 22.4 Å². The first-order valence-electron chi connectivity index (χ1n) is 8.29. The van der Waals surface area contributed by atoms with Crippen LogP contribution in [0.3, 0.4) is 0 Å². The summed E-state index contributed by atoms with van der Waals surface area (Å²) in [5, 5.41) is 11.6. The smallest absolute Gasteiger partial charge is 0.303 e. The summed E-state index contributed by atoms with van der Waals surface area (Å²) in [4.78, 5) is 26.6. The van der Waals surface area contributed by atoms with E-state index in [1.807, 2.05) is 18.2 Å². The number of amides is 1. The summed E-state index contributed by atoms with van der Waals surface area (Å²) in [6, 6.07) is 5.53. The van der Waals surface area contributed by atoms with Crippen molar-refractivity contribution in [1.29, 1.82) is 0 Å². The molecule has 0 saturated carbocycles. The van der Waals surface area contributed by atoms with Gasteiger partial charge in [0.25, 0.3) is 0 Å².